The van der Waals surface area contributed by atoms with Crippen molar-refractivity contribution >= 4 is 40.0 Å². The van der Waals surface area contributed by atoms with Crippen molar-refractivity contribution in [1.82, 2.24) is 0 Å². The van der Waals surface area contributed by atoms with Gasteiger partial charge in [-0.15, -0.1) is 0 Å². The van der Waals surface area contributed by atoms with Crippen LogP contribution in [0.5, 0.6) is 0 Å². The summed E-state index contributed by atoms with van der Waals surface area (Å²) < 4.78 is 14.1. The number of aryl methyl sites for hydroxylation is 2. The maximum Gasteiger partial charge on any atom is 0.193 e. The fourth-order valence-electron chi connectivity index (χ4n) is 2.05. The third-order valence-electron chi connectivity index (χ3n) is 2.91. The standard InChI is InChI=1S/C15H11ClFIO/c1-8-5-11(17)6-9(2)14(8)15(19)10-3-4-13(18)12(16)7-10/h3-7H,1-2H3. The number of hydrogen-bond donors (Lipinski definition) is 0. The van der Waals surface area contributed by atoms with Crippen LogP contribution in [0.2, 0.25) is 5.02 Å². The Morgan fingerprint density at radius 2 is 1.74 bits per heavy atom. The molecule has 0 heterocycles. The molecule has 0 saturated heterocycles. The van der Waals surface area contributed by atoms with Crippen LogP contribution in [-0.2, 0) is 0 Å². The zero-order chi connectivity index (χ0) is 14.2. The second-order valence-electron chi connectivity index (χ2n) is 4.37. The summed E-state index contributed by atoms with van der Waals surface area (Å²) in [4.78, 5) is 12.5. The van der Waals surface area contributed by atoms with Crippen LogP contribution in [0.25, 0.3) is 0 Å². The van der Waals surface area contributed by atoms with Gasteiger partial charge in [-0.2, -0.15) is 0 Å². The van der Waals surface area contributed by atoms with Crippen LogP contribution in [0.1, 0.15) is 27.0 Å². The normalized spacial score (nSPS) is 10.6. The molecule has 0 saturated carbocycles. The third kappa shape index (κ3) is 2.98. The van der Waals surface area contributed by atoms with Gasteiger partial charge in [0.2, 0.25) is 0 Å². The molecule has 4 heteroatoms. The van der Waals surface area contributed by atoms with Crippen LogP contribution in [-0.4, -0.2) is 5.78 Å². The number of hydrogen-bond acceptors (Lipinski definition) is 1. The highest BCUT2D eigenvalue weighted by Gasteiger charge is 2.16. The van der Waals surface area contributed by atoms with Crippen molar-refractivity contribution in [3.05, 3.63) is 67.0 Å². The fraction of sp³-hybridized carbons (Fsp3) is 0.133. The van der Waals surface area contributed by atoms with Crippen LogP contribution < -0.4 is 0 Å². The summed E-state index contributed by atoms with van der Waals surface area (Å²) in [6.45, 7) is 3.47. The Bertz CT molecular complexity index is 644. The third-order valence-corrected chi connectivity index (χ3v) is 4.48. The second-order valence-corrected chi connectivity index (χ2v) is 5.94. The summed E-state index contributed by atoms with van der Waals surface area (Å²) in [6, 6.07) is 7.92. The molecular formula is C15H11ClFIO. The van der Waals surface area contributed by atoms with E-state index in [0.29, 0.717) is 27.3 Å². The van der Waals surface area contributed by atoms with Gasteiger partial charge in [0.05, 0.1) is 5.02 Å². The van der Waals surface area contributed by atoms with Gasteiger partial charge in [-0.05, 0) is 77.9 Å². The van der Waals surface area contributed by atoms with E-state index in [1.165, 1.54) is 12.1 Å². The molecule has 0 unspecified atom stereocenters. The van der Waals surface area contributed by atoms with Gasteiger partial charge in [-0.25, -0.2) is 4.39 Å². The second kappa shape index (κ2) is 5.59. The summed E-state index contributed by atoms with van der Waals surface area (Å²) in [5.41, 5.74) is 2.33. The van der Waals surface area contributed by atoms with Crippen LogP contribution >= 0.6 is 34.2 Å². The summed E-state index contributed by atoms with van der Waals surface area (Å²) in [7, 11) is 0. The largest absolute Gasteiger partial charge is 0.289 e. The van der Waals surface area contributed by atoms with E-state index in [4.69, 9.17) is 11.6 Å². The highest BCUT2D eigenvalue weighted by molar-refractivity contribution is 14.1. The smallest absolute Gasteiger partial charge is 0.193 e. The van der Waals surface area contributed by atoms with E-state index in [-0.39, 0.29) is 11.6 Å². The number of benzene rings is 2. The summed E-state index contributed by atoms with van der Waals surface area (Å²) in [6.07, 6.45) is 0. The predicted molar refractivity (Wildman–Crippen MR) is 83.5 cm³/mol. The van der Waals surface area contributed by atoms with E-state index in [2.05, 4.69) is 22.6 Å². The predicted octanol–water partition coefficient (Wildman–Crippen LogP) is 4.93. The lowest BCUT2D eigenvalue weighted by molar-refractivity contribution is 0.103. The number of rotatable bonds is 2. The van der Waals surface area contributed by atoms with Gasteiger partial charge < -0.3 is 0 Å². The number of carbonyl (C=O) groups excluding carboxylic acids is 1. The zero-order valence-corrected chi connectivity index (χ0v) is 13.3. The van der Waals surface area contributed by atoms with E-state index in [1.807, 2.05) is 0 Å². The monoisotopic (exact) mass is 388 g/mol. The Hall–Kier alpha value is -0.940. The van der Waals surface area contributed by atoms with Crippen molar-refractivity contribution < 1.29 is 9.18 Å². The van der Waals surface area contributed by atoms with E-state index >= 15 is 0 Å². The lowest BCUT2D eigenvalue weighted by Gasteiger charge is -2.10. The first-order valence-electron chi connectivity index (χ1n) is 5.66. The average molecular weight is 389 g/mol. The maximum atomic E-state index is 13.3. The van der Waals surface area contributed by atoms with Crippen molar-refractivity contribution in [2.24, 2.45) is 0 Å². The minimum absolute atomic E-state index is 0.131. The summed E-state index contributed by atoms with van der Waals surface area (Å²) in [5, 5.41) is 0.545. The average Bonchev–Trinajstić information content (AvgIpc) is 2.31. The lowest BCUT2D eigenvalue weighted by Crippen LogP contribution is -2.07. The topological polar surface area (TPSA) is 17.1 Å². The van der Waals surface area contributed by atoms with Gasteiger partial charge in [0.1, 0.15) is 5.82 Å². The molecule has 0 spiro atoms. The molecule has 2 aromatic rings. The van der Waals surface area contributed by atoms with Gasteiger partial charge in [-0.3, -0.25) is 4.79 Å². The SMILES string of the molecule is Cc1cc(F)cc(C)c1C(=O)c1ccc(I)c(Cl)c1. The van der Waals surface area contributed by atoms with Crippen LogP contribution in [0.15, 0.2) is 30.3 Å². The molecule has 1 nitrogen and oxygen atoms in total. The van der Waals surface area contributed by atoms with E-state index < -0.39 is 0 Å². The Morgan fingerprint density at radius 3 is 2.26 bits per heavy atom. The molecular weight excluding hydrogens is 378 g/mol. The van der Waals surface area contributed by atoms with Gasteiger partial charge in [0.25, 0.3) is 0 Å². The molecule has 0 bridgehead atoms. The van der Waals surface area contributed by atoms with Crippen LogP contribution in [0.3, 0.4) is 0 Å². The molecule has 2 rings (SSSR count). The van der Waals surface area contributed by atoms with Gasteiger partial charge in [-0.1, -0.05) is 11.6 Å². The first-order valence-corrected chi connectivity index (χ1v) is 7.12. The van der Waals surface area contributed by atoms with Crippen molar-refractivity contribution in [3.63, 3.8) is 0 Å². The quantitative estimate of drug-likeness (QED) is 0.526. The van der Waals surface area contributed by atoms with Crippen molar-refractivity contribution in [1.29, 1.82) is 0 Å². The number of carbonyl (C=O) groups is 1. The molecule has 0 N–H and O–H groups in total. The molecule has 0 radical (unpaired) electrons. The zero-order valence-electron chi connectivity index (χ0n) is 10.4. The first kappa shape index (κ1) is 14.5. The molecule has 0 atom stereocenters. The highest BCUT2D eigenvalue weighted by Crippen LogP contribution is 2.24. The minimum Gasteiger partial charge on any atom is -0.289 e. The molecule has 0 aliphatic rings. The molecule has 0 fully saturated rings. The van der Waals surface area contributed by atoms with E-state index in [0.717, 1.165) is 3.57 Å². The molecule has 0 aromatic heterocycles. The van der Waals surface area contributed by atoms with E-state index in [9.17, 15) is 9.18 Å². The van der Waals surface area contributed by atoms with Gasteiger partial charge in [0, 0.05) is 14.7 Å². The molecule has 0 aliphatic heterocycles. The summed E-state index contributed by atoms with van der Waals surface area (Å²) in [5.74, 6) is -0.458. The molecule has 2 aromatic carbocycles. The van der Waals surface area contributed by atoms with Gasteiger partial charge >= 0.3 is 0 Å². The van der Waals surface area contributed by atoms with Crippen LogP contribution in [0.4, 0.5) is 4.39 Å². The Kier molecular flexibility index (Phi) is 4.26. The van der Waals surface area contributed by atoms with E-state index in [1.54, 1.807) is 32.0 Å². The fourth-order valence-corrected chi connectivity index (χ4v) is 2.57. The van der Waals surface area contributed by atoms with Crippen molar-refractivity contribution in [3.8, 4) is 0 Å². The molecule has 19 heavy (non-hydrogen) atoms. The maximum absolute atomic E-state index is 13.3. The number of halogens is 3. The van der Waals surface area contributed by atoms with Crippen LogP contribution in [0, 0.1) is 23.2 Å². The van der Waals surface area contributed by atoms with Crippen molar-refractivity contribution in [2.75, 3.05) is 0 Å². The van der Waals surface area contributed by atoms with Gasteiger partial charge in [0.15, 0.2) is 5.78 Å². The Labute approximate surface area is 129 Å². The Balaban J connectivity index is 2.53. The Morgan fingerprint density at radius 1 is 1.16 bits per heavy atom. The van der Waals surface area contributed by atoms with Crippen molar-refractivity contribution in [2.45, 2.75) is 13.8 Å². The number of ketones is 1. The molecule has 0 amide bonds. The molecule has 98 valence electrons. The first-order chi connectivity index (χ1) is 8.90. The lowest BCUT2D eigenvalue weighted by atomic mass is 9.95. The minimum atomic E-state index is -0.327. The highest BCUT2D eigenvalue weighted by atomic mass is 127. The summed E-state index contributed by atoms with van der Waals surface area (Å²) >= 11 is 8.13. The molecule has 0 aliphatic carbocycles.